The van der Waals surface area contributed by atoms with E-state index in [-0.39, 0.29) is 6.10 Å². The smallest absolute Gasteiger partial charge is 0.416 e. The van der Waals surface area contributed by atoms with Gasteiger partial charge in [-0.2, -0.15) is 13.2 Å². The lowest BCUT2D eigenvalue weighted by Gasteiger charge is -2.24. The third kappa shape index (κ3) is 3.38. The Kier molecular flexibility index (Phi) is 4.17. The number of halogens is 4. The number of rotatable bonds is 2. The maximum Gasteiger partial charge on any atom is 0.416 e. The highest BCUT2D eigenvalue weighted by molar-refractivity contribution is 9.10. The molecule has 2 nitrogen and oxygen atoms in total. The van der Waals surface area contributed by atoms with Crippen molar-refractivity contribution < 1.29 is 17.9 Å². The highest BCUT2D eigenvalue weighted by Gasteiger charge is 2.31. The summed E-state index contributed by atoms with van der Waals surface area (Å²) >= 11 is 3.12. The van der Waals surface area contributed by atoms with Crippen LogP contribution in [0.5, 0.6) is 5.75 Å². The van der Waals surface area contributed by atoms with Gasteiger partial charge >= 0.3 is 6.18 Å². The van der Waals surface area contributed by atoms with Crippen molar-refractivity contribution in [1.29, 1.82) is 0 Å². The predicted octanol–water partition coefficient (Wildman–Crippen LogP) is 3.60. The zero-order chi connectivity index (χ0) is 13.2. The number of hydrogen-bond acceptors (Lipinski definition) is 2. The summed E-state index contributed by atoms with van der Waals surface area (Å²) in [5, 5.41) is 3.19. The van der Waals surface area contributed by atoms with Crippen LogP contribution in [0, 0.1) is 0 Å². The van der Waals surface area contributed by atoms with E-state index in [4.69, 9.17) is 4.74 Å². The van der Waals surface area contributed by atoms with E-state index < -0.39 is 11.7 Å². The molecule has 2 rings (SSSR count). The van der Waals surface area contributed by atoms with Crippen molar-refractivity contribution >= 4 is 15.9 Å². The first-order valence-corrected chi connectivity index (χ1v) is 6.50. The molecule has 1 aliphatic rings. The van der Waals surface area contributed by atoms with Crippen LogP contribution in [-0.4, -0.2) is 19.2 Å². The van der Waals surface area contributed by atoms with Crippen LogP contribution in [0.25, 0.3) is 0 Å². The SMILES string of the molecule is FC(F)(F)c1ccc(O[C@H]2CCCNC2)c(Br)c1. The minimum Gasteiger partial charge on any atom is -0.488 e. The van der Waals surface area contributed by atoms with Crippen LogP contribution in [0.4, 0.5) is 13.2 Å². The van der Waals surface area contributed by atoms with E-state index in [0.717, 1.165) is 38.1 Å². The molecule has 1 aromatic carbocycles. The maximum absolute atomic E-state index is 12.5. The lowest BCUT2D eigenvalue weighted by atomic mass is 10.1. The summed E-state index contributed by atoms with van der Waals surface area (Å²) in [5.41, 5.74) is -0.677. The number of nitrogens with one attached hydrogen (secondary N) is 1. The Bertz CT molecular complexity index is 416. The minimum atomic E-state index is -4.33. The van der Waals surface area contributed by atoms with Gasteiger partial charge in [0.25, 0.3) is 0 Å². The van der Waals surface area contributed by atoms with Gasteiger partial charge in [0.1, 0.15) is 11.9 Å². The van der Waals surface area contributed by atoms with Crippen molar-refractivity contribution in [3.63, 3.8) is 0 Å². The highest BCUT2D eigenvalue weighted by atomic mass is 79.9. The summed E-state index contributed by atoms with van der Waals surface area (Å²) in [6, 6.07) is 3.45. The summed E-state index contributed by atoms with van der Waals surface area (Å²) in [6.07, 6.45) is -2.37. The molecule has 0 unspecified atom stereocenters. The van der Waals surface area contributed by atoms with E-state index in [1.54, 1.807) is 0 Å². The minimum absolute atomic E-state index is 0.0202. The Morgan fingerprint density at radius 1 is 1.33 bits per heavy atom. The lowest BCUT2D eigenvalue weighted by molar-refractivity contribution is -0.137. The van der Waals surface area contributed by atoms with Gasteiger partial charge < -0.3 is 10.1 Å². The van der Waals surface area contributed by atoms with Crippen LogP contribution < -0.4 is 10.1 Å². The molecule has 0 saturated carbocycles. The molecule has 1 fully saturated rings. The lowest BCUT2D eigenvalue weighted by Crippen LogP contribution is -2.37. The normalized spacial score (nSPS) is 20.8. The molecular weight excluding hydrogens is 311 g/mol. The molecule has 1 aliphatic heterocycles. The Balaban J connectivity index is 2.09. The second-order valence-electron chi connectivity index (χ2n) is 4.23. The first kappa shape index (κ1) is 13.7. The van der Waals surface area contributed by atoms with Gasteiger partial charge in [-0.05, 0) is 53.5 Å². The number of hydrogen-bond donors (Lipinski definition) is 1. The molecule has 0 aliphatic carbocycles. The van der Waals surface area contributed by atoms with Crippen LogP contribution in [0.1, 0.15) is 18.4 Å². The number of piperidine rings is 1. The molecule has 1 saturated heterocycles. The Hall–Kier alpha value is -0.750. The topological polar surface area (TPSA) is 21.3 Å². The van der Waals surface area contributed by atoms with E-state index in [2.05, 4.69) is 21.2 Å². The van der Waals surface area contributed by atoms with Crippen molar-refractivity contribution in [2.45, 2.75) is 25.1 Å². The van der Waals surface area contributed by atoms with Gasteiger partial charge in [-0.1, -0.05) is 0 Å². The van der Waals surface area contributed by atoms with Crippen molar-refractivity contribution in [3.05, 3.63) is 28.2 Å². The fourth-order valence-electron chi connectivity index (χ4n) is 1.87. The monoisotopic (exact) mass is 323 g/mol. The molecule has 1 aromatic rings. The van der Waals surface area contributed by atoms with Crippen LogP contribution in [0.15, 0.2) is 22.7 Å². The largest absolute Gasteiger partial charge is 0.488 e. The molecule has 1 N–H and O–H groups in total. The molecule has 0 aromatic heterocycles. The third-order valence-electron chi connectivity index (χ3n) is 2.80. The zero-order valence-electron chi connectivity index (χ0n) is 9.56. The molecule has 1 heterocycles. The van der Waals surface area contributed by atoms with Gasteiger partial charge in [-0.25, -0.2) is 0 Å². The molecule has 0 radical (unpaired) electrons. The Labute approximate surface area is 112 Å². The van der Waals surface area contributed by atoms with E-state index in [1.807, 2.05) is 0 Å². The number of alkyl halides is 3. The third-order valence-corrected chi connectivity index (χ3v) is 3.42. The first-order chi connectivity index (χ1) is 8.47. The summed E-state index contributed by atoms with van der Waals surface area (Å²) in [6.45, 7) is 1.70. The van der Waals surface area contributed by atoms with Gasteiger partial charge in [0, 0.05) is 6.54 Å². The summed E-state index contributed by atoms with van der Waals surface area (Å²) in [4.78, 5) is 0. The fourth-order valence-corrected chi connectivity index (χ4v) is 2.34. The fraction of sp³-hybridized carbons (Fsp3) is 0.500. The van der Waals surface area contributed by atoms with Crippen molar-refractivity contribution in [1.82, 2.24) is 5.32 Å². The van der Waals surface area contributed by atoms with Crippen LogP contribution in [0.3, 0.4) is 0 Å². The number of ether oxygens (including phenoxy) is 1. The molecule has 1 atom stereocenters. The van der Waals surface area contributed by atoms with E-state index >= 15 is 0 Å². The molecule has 0 spiro atoms. The molecule has 18 heavy (non-hydrogen) atoms. The van der Waals surface area contributed by atoms with Gasteiger partial charge in [-0.15, -0.1) is 0 Å². The summed E-state index contributed by atoms with van der Waals surface area (Å²) in [5.74, 6) is 0.455. The first-order valence-electron chi connectivity index (χ1n) is 5.71. The number of benzene rings is 1. The average molecular weight is 324 g/mol. The summed E-state index contributed by atoms with van der Waals surface area (Å²) in [7, 11) is 0. The zero-order valence-corrected chi connectivity index (χ0v) is 11.1. The standard InChI is InChI=1S/C12H13BrF3NO/c13-10-6-8(12(14,15)16)3-4-11(10)18-9-2-1-5-17-7-9/h3-4,6,9,17H,1-2,5,7H2/t9-/m0/s1. The van der Waals surface area contributed by atoms with Crippen molar-refractivity contribution in [2.24, 2.45) is 0 Å². The van der Waals surface area contributed by atoms with Crippen LogP contribution >= 0.6 is 15.9 Å². The molecule has 0 amide bonds. The predicted molar refractivity (Wildman–Crippen MR) is 65.7 cm³/mol. The van der Waals surface area contributed by atoms with Gasteiger partial charge in [0.05, 0.1) is 10.0 Å². The van der Waals surface area contributed by atoms with Crippen LogP contribution in [0.2, 0.25) is 0 Å². The Morgan fingerprint density at radius 3 is 2.67 bits per heavy atom. The molecular formula is C12H13BrF3NO. The van der Waals surface area contributed by atoms with Gasteiger partial charge in [-0.3, -0.25) is 0 Å². The molecule has 0 bridgehead atoms. The average Bonchev–Trinajstić information content (AvgIpc) is 2.32. The van der Waals surface area contributed by atoms with E-state index in [9.17, 15) is 13.2 Å². The molecule has 100 valence electrons. The quantitative estimate of drug-likeness (QED) is 0.897. The highest BCUT2D eigenvalue weighted by Crippen LogP contribution is 2.35. The van der Waals surface area contributed by atoms with Crippen LogP contribution in [-0.2, 0) is 6.18 Å². The van der Waals surface area contributed by atoms with E-state index in [0.29, 0.717) is 10.2 Å². The molecule has 6 heteroatoms. The van der Waals surface area contributed by atoms with Gasteiger partial charge in [0.2, 0.25) is 0 Å². The maximum atomic E-state index is 12.5. The van der Waals surface area contributed by atoms with Crippen molar-refractivity contribution in [2.75, 3.05) is 13.1 Å². The van der Waals surface area contributed by atoms with Crippen molar-refractivity contribution in [3.8, 4) is 5.75 Å². The van der Waals surface area contributed by atoms with Gasteiger partial charge in [0.15, 0.2) is 0 Å². The second kappa shape index (κ2) is 5.48. The Morgan fingerprint density at radius 2 is 2.11 bits per heavy atom. The second-order valence-corrected chi connectivity index (χ2v) is 5.08. The summed E-state index contributed by atoms with van der Waals surface area (Å²) < 4.78 is 43.5. The van der Waals surface area contributed by atoms with E-state index in [1.165, 1.54) is 6.07 Å².